The average Bonchev–Trinajstić information content (AvgIpc) is 3.26. The maximum Gasteiger partial charge on any atom is 0.350 e. The summed E-state index contributed by atoms with van der Waals surface area (Å²) in [7, 11) is 0. The van der Waals surface area contributed by atoms with Gasteiger partial charge >= 0.3 is 5.69 Å². The highest BCUT2D eigenvalue weighted by molar-refractivity contribution is 7.09. The predicted molar refractivity (Wildman–Crippen MR) is 108 cm³/mol. The molecule has 0 unspecified atom stereocenters. The molecule has 8 heteroatoms. The van der Waals surface area contributed by atoms with Crippen LogP contribution in [0.4, 0.5) is 0 Å². The predicted octanol–water partition coefficient (Wildman–Crippen LogP) is 2.29. The van der Waals surface area contributed by atoms with Crippen LogP contribution in [0.1, 0.15) is 10.6 Å². The van der Waals surface area contributed by atoms with Crippen LogP contribution in [0.15, 0.2) is 58.8 Å². The van der Waals surface area contributed by atoms with Crippen LogP contribution in [0, 0.1) is 6.92 Å². The van der Waals surface area contributed by atoms with Crippen molar-refractivity contribution in [2.24, 2.45) is 0 Å². The lowest BCUT2D eigenvalue weighted by Crippen LogP contribution is -2.33. The highest BCUT2D eigenvalue weighted by atomic mass is 32.1. The SMILES string of the molecule is Cc1nc(-c2ccc(CCNC(=O)Cn3nc4ccccn4c3=O)cc2)cs1. The molecule has 0 aliphatic rings. The van der Waals surface area contributed by atoms with Crippen molar-refractivity contribution in [1.82, 2.24) is 24.5 Å². The van der Waals surface area contributed by atoms with E-state index in [-0.39, 0.29) is 18.1 Å². The van der Waals surface area contributed by atoms with E-state index in [0.29, 0.717) is 18.6 Å². The zero-order chi connectivity index (χ0) is 19.5. The molecular formula is C20H19N5O2S. The second kappa shape index (κ2) is 7.77. The molecule has 0 atom stereocenters. The Morgan fingerprint density at radius 1 is 1.18 bits per heavy atom. The molecule has 0 radical (unpaired) electrons. The van der Waals surface area contributed by atoms with E-state index in [1.807, 2.05) is 36.6 Å². The summed E-state index contributed by atoms with van der Waals surface area (Å²) in [5.41, 5.74) is 3.40. The van der Waals surface area contributed by atoms with E-state index < -0.39 is 0 Å². The highest BCUT2D eigenvalue weighted by Crippen LogP contribution is 2.21. The minimum absolute atomic E-state index is 0.0946. The van der Waals surface area contributed by atoms with E-state index >= 15 is 0 Å². The molecule has 1 amide bonds. The Hall–Kier alpha value is -3.26. The van der Waals surface area contributed by atoms with Gasteiger partial charge in [0, 0.05) is 23.7 Å². The van der Waals surface area contributed by atoms with Gasteiger partial charge in [0.25, 0.3) is 0 Å². The Bertz CT molecular complexity index is 1170. The quantitative estimate of drug-likeness (QED) is 0.545. The lowest BCUT2D eigenvalue weighted by atomic mass is 10.1. The number of hydrogen-bond donors (Lipinski definition) is 1. The molecule has 1 aromatic carbocycles. The molecule has 0 spiro atoms. The number of fused-ring (bicyclic) bond motifs is 1. The molecular weight excluding hydrogens is 374 g/mol. The Balaban J connectivity index is 1.31. The van der Waals surface area contributed by atoms with Gasteiger partial charge in [0.2, 0.25) is 5.91 Å². The van der Waals surface area contributed by atoms with Gasteiger partial charge in [0.05, 0.1) is 10.7 Å². The number of hydrogen-bond acceptors (Lipinski definition) is 5. The number of aryl methyl sites for hydroxylation is 1. The minimum atomic E-state index is -0.321. The Kier molecular flexibility index (Phi) is 5.03. The van der Waals surface area contributed by atoms with Crippen molar-refractivity contribution in [1.29, 1.82) is 0 Å². The van der Waals surface area contributed by atoms with E-state index in [0.717, 1.165) is 21.8 Å². The third-order valence-electron chi connectivity index (χ3n) is 4.39. The Labute approximate surface area is 165 Å². The number of benzene rings is 1. The van der Waals surface area contributed by atoms with E-state index in [4.69, 9.17) is 0 Å². The van der Waals surface area contributed by atoms with E-state index in [1.165, 1.54) is 9.08 Å². The van der Waals surface area contributed by atoms with Crippen LogP contribution in [-0.4, -0.2) is 31.6 Å². The van der Waals surface area contributed by atoms with Gasteiger partial charge in [-0.1, -0.05) is 30.3 Å². The molecule has 0 fully saturated rings. The summed E-state index contributed by atoms with van der Waals surface area (Å²) in [6, 6.07) is 13.5. The smallest absolute Gasteiger partial charge is 0.350 e. The third-order valence-corrected chi connectivity index (χ3v) is 5.16. The summed E-state index contributed by atoms with van der Waals surface area (Å²) in [5.74, 6) is -0.236. The number of carbonyl (C=O) groups excluding carboxylic acids is 1. The zero-order valence-corrected chi connectivity index (χ0v) is 16.1. The maximum atomic E-state index is 12.2. The molecule has 1 N–H and O–H groups in total. The van der Waals surface area contributed by atoms with Gasteiger partial charge < -0.3 is 5.32 Å². The van der Waals surface area contributed by atoms with Crippen LogP contribution in [-0.2, 0) is 17.8 Å². The number of carbonyl (C=O) groups is 1. The molecule has 142 valence electrons. The van der Waals surface area contributed by atoms with Crippen LogP contribution in [0.25, 0.3) is 16.9 Å². The maximum absolute atomic E-state index is 12.2. The summed E-state index contributed by atoms with van der Waals surface area (Å²) in [5, 5.41) is 10.1. The molecule has 0 saturated heterocycles. The molecule has 0 bridgehead atoms. The van der Waals surface area contributed by atoms with Gasteiger partial charge in [-0.05, 0) is 31.0 Å². The van der Waals surface area contributed by atoms with E-state index in [1.54, 1.807) is 35.7 Å². The van der Waals surface area contributed by atoms with Crippen LogP contribution in [0.2, 0.25) is 0 Å². The molecule has 3 aromatic heterocycles. The van der Waals surface area contributed by atoms with Crippen LogP contribution >= 0.6 is 11.3 Å². The van der Waals surface area contributed by atoms with Crippen molar-refractivity contribution in [3.05, 3.63) is 75.1 Å². The van der Waals surface area contributed by atoms with Crippen molar-refractivity contribution >= 4 is 22.9 Å². The van der Waals surface area contributed by atoms with Crippen molar-refractivity contribution in [3.8, 4) is 11.3 Å². The van der Waals surface area contributed by atoms with Crippen LogP contribution in [0.3, 0.4) is 0 Å². The molecule has 4 aromatic rings. The van der Waals surface area contributed by atoms with Crippen molar-refractivity contribution in [3.63, 3.8) is 0 Å². The van der Waals surface area contributed by atoms with Gasteiger partial charge in [-0.15, -0.1) is 16.4 Å². The summed E-state index contributed by atoms with van der Waals surface area (Å²) >= 11 is 1.63. The molecule has 0 aliphatic heterocycles. The van der Waals surface area contributed by atoms with E-state index in [9.17, 15) is 9.59 Å². The fraction of sp³-hybridized carbons (Fsp3) is 0.200. The lowest BCUT2D eigenvalue weighted by Gasteiger charge is -2.06. The van der Waals surface area contributed by atoms with Crippen LogP contribution in [0.5, 0.6) is 0 Å². The molecule has 4 rings (SSSR count). The summed E-state index contributed by atoms with van der Waals surface area (Å²) < 4.78 is 2.59. The summed E-state index contributed by atoms with van der Waals surface area (Å²) in [6.07, 6.45) is 2.35. The fourth-order valence-electron chi connectivity index (χ4n) is 2.95. The first kappa shape index (κ1) is 18.1. The van der Waals surface area contributed by atoms with Crippen molar-refractivity contribution < 1.29 is 4.79 Å². The Morgan fingerprint density at radius 3 is 2.71 bits per heavy atom. The Morgan fingerprint density at radius 2 is 2.00 bits per heavy atom. The fourth-order valence-corrected chi connectivity index (χ4v) is 3.57. The first-order valence-electron chi connectivity index (χ1n) is 8.92. The first-order chi connectivity index (χ1) is 13.6. The molecule has 28 heavy (non-hydrogen) atoms. The number of aromatic nitrogens is 4. The first-order valence-corrected chi connectivity index (χ1v) is 9.80. The highest BCUT2D eigenvalue weighted by Gasteiger charge is 2.10. The normalized spacial score (nSPS) is 11.0. The van der Waals surface area contributed by atoms with Gasteiger partial charge in [0.1, 0.15) is 6.54 Å². The van der Waals surface area contributed by atoms with Gasteiger partial charge in [-0.3, -0.25) is 9.20 Å². The molecule has 0 aliphatic carbocycles. The minimum Gasteiger partial charge on any atom is -0.354 e. The topological polar surface area (TPSA) is 81.3 Å². The number of rotatable bonds is 6. The standard InChI is InChI=1S/C20H19N5O2S/c1-14-22-17(13-28-14)16-7-5-15(6-8-16)9-10-21-19(26)12-25-20(27)24-11-3-2-4-18(24)23-25/h2-8,11,13H,9-10,12H2,1H3,(H,21,26). The second-order valence-corrected chi connectivity index (χ2v) is 7.48. The number of nitrogens with zero attached hydrogens (tertiary/aromatic N) is 4. The third kappa shape index (κ3) is 3.86. The number of amides is 1. The summed E-state index contributed by atoms with van der Waals surface area (Å²) in [4.78, 5) is 28.8. The summed E-state index contributed by atoms with van der Waals surface area (Å²) in [6.45, 7) is 2.39. The average molecular weight is 393 g/mol. The van der Waals surface area contributed by atoms with Gasteiger partial charge in [0.15, 0.2) is 5.65 Å². The van der Waals surface area contributed by atoms with Crippen LogP contribution < -0.4 is 11.0 Å². The van der Waals surface area contributed by atoms with Crippen molar-refractivity contribution in [2.75, 3.05) is 6.54 Å². The molecule has 0 saturated carbocycles. The van der Waals surface area contributed by atoms with Gasteiger partial charge in [-0.2, -0.15) is 0 Å². The molecule has 3 heterocycles. The number of nitrogens with one attached hydrogen (secondary N) is 1. The largest absolute Gasteiger partial charge is 0.354 e. The number of pyridine rings is 1. The molecule has 7 nitrogen and oxygen atoms in total. The number of thiazole rings is 1. The zero-order valence-electron chi connectivity index (χ0n) is 15.3. The second-order valence-electron chi connectivity index (χ2n) is 6.42. The van der Waals surface area contributed by atoms with Crippen molar-refractivity contribution in [2.45, 2.75) is 19.9 Å². The van der Waals surface area contributed by atoms with Gasteiger partial charge in [-0.25, -0.2) is 14.5 Å². The lowest BCUT2D eigenvalue weighted by molar-refractivity contribution is -0.121. The van der Waals surface area contributed by atoms with E-state index in [2.05, 4.69) is 15.4 Å². The monoisotopic (exact) mass is 393 g/mol.